The number of aromatic nitrogens is 4. The lowest BCUT2D eigenvalue weighted by Gasteiger charge is -2.11. The smallest absolute Gasteiger partial charge is 0.427 e. The minimum atomic E-state index is -1.26. The van der Waals surface area contributed by atoms with Gasteiger partial charge in [0.05, 0.1) is 12.6 Å². The number of hydrogen-bond acceptors (Lipinski definition) is 6. The van der Waals surface area contributed by atoms with Crippen LogP contribution < -0.4 is 5.73 Å². The van der Waals surface area contributed by atoms with E-state index in [2.05, 4.69) is 15.5 Å². The van der Waals surface area contributed by atoms with E-state index in [1.807, 2.05) is 24.3 Å². The molecule has 0 fully saturated rings. The van der Waals surface area contributed by atoms with Crippen LogP contribution >= 0.6 is 24.0 Å². The summed E-state index contributed by atoms with van der Waals surface area (Å²) < 4.78 is 1.68. The minimum Gasteiger partial charge on any atom is -0.427 e. The van der Waals surface area contributed by atoms with Crippen LogP contribution in [0.1, 0.15) is 36.7 Å². The number of unbranched alkanes of at least 4 members (excludes halogenated alkanes) is 1. The van der Waals surface area contributed by atoms with Crippen LogP contribution in [0.2, 0.25) is 11.3 Å². The first kappa shape index (κ1) is 19.9. The van der Waals surface area contributed by atoms with E-state index in [0.29, 0.717) is 36.6 Å². The maximum atomic E-state index is 8.81. The van der Waals surface area contributed by atoms with Gasteiger partial charge in [-0.3, -0.25) is 0 Å². The number of halogens is 2. The highest BCUT2D eigenvalue weighted by molar-refractivity contribution is 6.40. The molecule has 7 nitrogen and oxygen atoms in total. The fraction of sp³-hybridized carbons (Fsp3) is 0.462. The van der Waals surface area contributed by atoms with Crippen molar-refractivity contribution in [3.05, 3.63) is 40.7 Å². The molecule has 2 aromatic rings. The van der Waals surface area contributed by atoms with Gasteiger partial charge in [-0.25, -0.2) is 4.68 Å². The lowest BCUT2D eigenvalue weighted by atomic mass is 9.83. The molecule has 0 bridgehead atoms. The third kappa shape index (κ3) is 6.44. The molecule has 0 spiro atoms. The normalized spacial score (nSPS) is 11.8. The second-order valence-electron chi connectivity index (χ2n) is 5.19. The molecular formula is C13H20BCl2N5O2. The Labute approximate surface area is 146 Å². The van der Waals surface area contributed by atoms with Gasteiger partial charge < -0.3 is 15.8 Å². The maximum Gasteiger partial charge on any atom is 0.451 e. The van der Waals surface area contributed by atoms with Gasteiger partial charge in [-0.2, -0.15) is 0 Å². The highest BCUT2D eigenvalue weighted by Crippen LogP contribution is 2.16. The van der Waals surface area contributed by atoms with Crippen molar-refractivity contribution in [2.75, 3.05) is 0 Å². The Morgan fingerprint density at radius 1 is 1.22 bits per heavy atom. The Bertz CT molecular complexity index is 582. The zero-order valence-electron chi connectivity index (χ0n) is 12.5. The van der Waals surface area contributed by atoms with Crippen LogP contribution in [0.15, 0.2) is 24.3 Å². The first-order chi connectivity index (χ1) is 10.6. The molecule has 126 valence electrons. The van der Waals surface area contributed by atoms with Gasteiger partial charge in [-0.1, -0.05) is 36.6 Å². The molecule has 1 aromatic heterocycles. The molecule has 4 N–H and O–H groups in total. The predicted molar refractivity (Wildman–Crippen MR) is 91.4 cm³/mol. The predicted octanol–water partition coefficient (Wildman–Crippen LogP) is 1.44. The Morgan fingerprint density at radius 3 is 2.57 bits per heavy atom. The molecule has 2 rings (SSSR count). The standard InChI is InChI=1S/C13H19BClN5O2.ClH/c15-11-6-4-10(5-7-11)9-20-13(17-18-19-20)12(16)3-1-2-8-14(21)22;/h4-7,12,21-22H,1-3,8-9,16H2;1H. The van der Waals surface area contributed by atoms with E-state index in [1.54, 1.807) is 4.68 Å². The van der Waals surface area contributed by atoms with Gasteiger partial charge in [-0.15, -0.1) is 17.5 Å². The van der Waals surface area contributed by atoms with Crippen molar-refractivity contribution >= 4 is 31.1 Å². The molecule has 1 unspecified atom stereocenters. The van der Waals surface area contributed by atoms with Gasteiger partial charge in [-0.05, 0) is 40.9 Å². The fourth-order valence-corrected chi connectivity index (χ4v) is 2.30. The summed E-state index contributed by atoms with van der Waals surface area (Å²) in [6.07, 6.45) is 2.52. The third-order valence-electron chi connectivity index (χ3n) is 3.36. The Kier molecular flexibility index (Phi) is 8.50. The molecule has 0 amide bonds. The van der Waals surface area contributed by atoms with E-state index in [9.17, 15) is 0 Å². The summed E-state index contributed by atoms with van der Waals surface area (Å²) in [6.45, 7) is 0.530. The summed E-state index contributed by atoms with van der Waals surface area (Å²) in [5, 5.41) is 30.0. The van der Waals surface area contributed by atoms with Crippen molar-refractivity contribution in [1.29, 1.82) is 0 Å². The lowest BCUT2D eigenvalue weighted by molar-refractivity contribution is 0.400. The Hall–Kier alpha value is -1.19. The fourth-order valence-electron chi connectivity index (χ4n) is 2.17. The number of rotatable bonds is 8. The van der Waals surface area contributed by atoms with Gasteiger partial charge in [0, 0.05) is 5.02 Å². The number of nitrogens with zero attached hydrogens (tertiary/aromatic N) is 4. The van der Waals surface area contributed by atoms with Crippen LogP contribution in [0.3, 0.4) is 0 Å². The van der Waals surface area contributed by atoms with Gasteiger partial charge in [0.2, 0.25) is 0 Å². The summed E-state index contributed by atoms with van der Waals surface area (Å²) in [5.74, 6) is 0.625. The van der Waals surface area contributed by atoms with Crippen molar-refractivity contribution in [2.24, 2.45) is 5.73 Å². The first-order valence-electron chi connectivity index (χ1n) is 7.18. The molecule has 10 heteroatoms. The van der Waals surface area contributed by atoms with Gasteiger partial charge in [0.25, 0.3) is 0 Å². The average Bonchev–Trinajstić information content (AvgIpc) is 2.94. The van der Waals surface area contributed by atoms with Crippen LogP contribution in [0.5, 0.6) is 0 Å². The lowest BCUT2D eigenvalue weighted by Crippen LogP contribution is -2.18. The summed E-state index contributed by atoms with van der Waals surface area (Å²) in [4.78, 5) is 0. The average molecular weight is 360 g/mol. The second-order valence-corrected chi connectivity index (χ2v) is 5.63. The van der Waals surface area contributed by atoms with E-state index in [-0.39, 0.29) is 18.4 Å². The largest absolute Gasteiger partial charge is 0.451 e. The van der Waals surface area contributed by atoms with E-state index in [1.165, 1.54) is 0 Å². The molecule has 0 saturated carbocycles. The zero-order chi connectivity index (χ0) is 15.9. The summed E-state index contributed by atoms with van der Waals surface area (Å²) >= 11 is 5.87. The number of benzene rings is 1. The van der Waals surface area contributed by atoms with E-state index in [4.69, 9.17) is 27.4 Å². The second kappa shape index (κ2) is 9.84. The van der Waals surface area contributed by atoms with Crippen molar-refractivity contribution in [2.45, 2.75) is 38.2 Å². The third-order valence-corrected chi connectivity index (χ3v) is 3.62. The van der Waals surface area contributed by atoms with Crippen molar-refractivity contribution < 1.29 is 10.0 Å². The molecule has 0 aliphatic heterocycles. The number of hydrogen-bond donors (Lipinski definition) is 3. The van der Waals surface area contributed by atoms with E-state index in [0.717, 1.165) is 12.0 Å². The van der Waals surface area contributed by atoms with Crippen LogP contribution in [0, 0.1) is 0 Å². The summed E-state index contributed by atoms with van der Waals surface area (Å²) in [6, 6.07) is 7.20. The monoisotopic (exact) mass is 359 g/mol. The topological polar surface area (TPSA) is 110 Å². The van der Waals surface area contributed by atoms with Crippen LogP contribution in [0.25, 0.3) is 0 Å². The van der Waals surface area contributed by atoms with E-state index >= 15 is 0 Å². The zero-order valence-corrected chi connectivity index (χ0v) is 14.1. The van der Waals surface area contributed by atoms with Gasteiger partial charge >= 0.3 is 7.12 Å². The molecule has 0 saturated heterocycles. The molecule has 23 heavy (non-hydrogen) atoms. The number of nitrogens with two attached hydrogens (primary N) is 1. The van der Waals surface area contributed by atoms with Crippen molar-refractivity contribution in [1.82, 2.24) is 20.2 Å². The van der Waals surface area contributed by atoms with Crippen molar-refractivity contribution in [3.8, 4) is 0 Å². The summed E-state index contributed by atoms with van der Waals surface area (Å²) in [7, 11) is -1.26. The number of tetrazole rings is 1. The Morgan fingerprint density at radius 2 is 1.91 bits per heavy atom. The quantitative estimate of drug-likeness (QED) is 0.486. The minimum absolute atomic E-state index is 0. The van der Waals surface area contributed by atoms with Crippen molar-refractivity contribution in [3.63, 3.8) is 0 Å². The van der Waals surface area contributed by atoms with Crippen LogP contribution in [-0.2, 0) is 6.54 Å². The first-order valence-corrected chi connectivity index (χ1v) is 7.56. The van der Waals surface area contributed by atoms with Gasteiger partial charge in [0.1, 0.15) is 0 Å². The van der Waals surface area contributed by atoms with Gasteiger partial charge in [0.15, 0.2) is 5.82 Å². The molecular weight excluding hydrogens is 340 g/mol. The molecule has 1 atom stereocenters. The molecule has 0 radical (unpaired) electrons. The van der Waals surface area contributed by atoms with E-state index < -0.39 is 7.12 Å². The van der Waals surface area contributed by atoms with Crippen LogP contribution in [-0.4, -0.2) is 37.4 Å². The Balaban J connectivity index is 0.00000264. The maximum absolute atomic E-state index is 8.81. The molecule has 1 heterocycles. The summed E-state index contributed by atoms with van der Waals surface area (Å²) in [5.41, 5.74) is 7.16. The highest BCUT2D eigenvalue weighted by Gasteiger charge is 2.15. The van der Waals surface area contributed by atoms with Crippen LogP contribution in [0.4, 0.5) is 0 Å². The molecule has 0 aliphatic carbocycles. The molecule has 1 aromatic carbocycles. The molecule has 0 aliphatic rings. The highest BCUT2D eigenvalue weighted by atomic mass is 35.5. The SMILES string of the molecule is Cl.NC(CCCCB(O)O)c1nnnn1Cc1ccc(Cl)cc1.